The van der Waals surface area contributed by atoms with Crippen molar-refractivity contribution in [2.24, 2.45) is 4.99 Å². The second-order valence-electron chi connectivity index (χ2n) is 6.05. The second-order valence-corrected chi connectivity index (χ2v) is 6.49. The third-order valence-electron chi connectivity index (χ3n) is 4.14. The highest BCUT2D eigenvalue weighted by Crippen LogP contribution is 2.28. The smallest absolute Gasteiger partial charge is 0.337 e. The van der Waals surface area contributed by atoms with Gasteiger partial charge in [0.2, 0.25) is 5.89 Å². The molecule has 0 bridgehead atoms. The van der Waals surface area contributed by atoms with Crippen LogP contribution in [0.1, 0.15) is 15.9 Å². The Balaban J connectivity index is 1.57. The van der Waals surface area contributed by atoms with Crippen molar-refractivity contribution in [2.75, 3.05) is 7.11 Å². The number of benzene rings is 3. The van der Waals surface area contributed by atoms with Crippen LogP contribution in [0.2, 0.25) is 5.02 Å². The molecule has 1 heterocycles. The van der Waals surface area contributed by atoms with E-state index in [0.29, 0.717) is 27.6 Å². The summed E-state index contributed by atoms with van der Waals surface area (Å²) in [7, 11) is 1.36. The summed E-state index contributed by atoms with van der Waals surface area (Å²) >= 11 is 6.01. The number of halogens is 1. The standard InChI is InChI=1S/C22H15ClN2O3/c1-27-22(26)15-7-5-14(6-8-15)13-24-18-4-2-3-16(11-18)21-25-19-12-17(23)9-10-20(19)28-21/h2-13H,1H3. The third-order valence-corrected chi connectivity index (χ3v) is 4.37. The van der Waals surface area contributed by atoms with Crippen molar-refractivity contribution >= 4 is 40.6 Å². The van der Waals surface area contributed by atoms with Crippen LogP contribution in [0, 0.1) is 0 Å². The zero-order chi connectivity index (χ0) is 19.5. The zero-order valence-electron chi connectivity index (χ0n) is 14.9. The average Bonchev–Trinajstić information content (AvgIpc) is 3.15. The number of aliphatic imine (C=N–C) groups is 1. The molecule has 0 fully saturated rings. The molecule has 0 atom stereocenters. The fraction of sp³-hybridized carbons (Fsp3) is 0.0455. The van der Waals surface area contributed by atoms with Gasteiger partial charge in [0.15, 0.2) is 5.58 Å². The Kier molecular flexibility index (Phi) is 4.91. The minimum absolute atomic E-state index is 0.365. The SMILES string of the molecule is COC(=O)c1ccc(C=Nc2cccc(-c3nc4cc(Cl)ccc4o3)c2)cc1. The highest BCUT2D eigenvalue weighted by molar-refractivity contribution is 6.31. The summed E-state index contributed by atoms with van der Waals surface area (Å²) in [6.07, 6.45) is 1.73. The van der Waals surface area contributed by atoms with Crippen molar-refractivity contribution < 1.29 is 13.9 Å². The maximum absolute atomic E-state index is 11.5. The van der Waals surface area contributed by atoms with Crippen LogP contribution in [-0.4, -0.2) is 24.3 Å². The third kappa shape index (κ3) is 3.80. The summed E-state index contributed by atoms with van der Waals surface area (Å²) in [5.41, 5.74) is 4.34. The van der Waals surface area contributed by atoms with E-state index in [-0.39, 0.29) is 5.97 Å². The van der Waals surface area contributed by atoms with Gasteiger partial charge in [-0.1, -0.05) is 29.8 Å². The Morgan fingerprint density at radius 3 is 2.71 bits per heavy atom. The first kappa shape index (κ1) is 17.9. The highest BCUT2D eigenvalue weighted by atomic mass is 35.5. The monoisotopic (exact) mass is 390 g/mol. The first-order valence-electron chi connectivity index (χ1n) is 8.51. The number of ether oxygens (including phenoxy) is 1. The van der Waals surface area contributed by atoms with E-state index >= 15 is 0 Å². The fourth-order valence-corrected chi connectivity index (χ4v) is 2.88. The van der Waals surface area contributed by atoms with Crippen LogP contribution in [0.15, 0.2) is 76.1 Å². The first-order chi connectivity index (χ1) is 13.6. The largest absolute Gasteiger partial charge is 0.465 e. The molecule has 6 heteroatoms. The van der Waals surface area contributed by atoms with Crippen LogP contribution in [0.4, 0.5) is 5.69 Å². The predicted molar refractivity (Wildman–Crippen MR) is 109 cm³/mol. The molecular formula is C22H15ClN2O3. The number of carbonyl (C=O) groups excluding carboxylic acids is 1. The Hall–Kier alpha value is -3.44. The Morgan fingerprint density at radius 1 is 1.11 bits per heavy atom. The maximum Gasteiger partial charge on any atom is 0.337 e. The van der Waals surface area contributed by atoms with Gasteiger partial charge >= 0.3 is 5.97 Å². The molecule has 0 aliphatic carbocycles. The van der Waals surface area contributed by atoms with E-state index in [4.69, 9.17) is 20.8 Å². The Bertz CT molecular complexity index is 1180. The lowest BCUT2D eigenvalue weighted by Gasteiger charge is -2.00. The molecule has 0 saturated carbocycles. The second kappa shape index (κ2) is 7.66. The Labute approximate surface area is 166 Å². The topological polar surface area (TPSA) is 64.7 Å². The van der Waals surface area contributed by atoms with Crippen LogP contribution in [0.3, 0.4) is 0 Å². The molecule has 0 aliphatic rings. The number of oxazole rings is 1. The molecule has 0 amide bonds. The van der Waals surface area contributed by atoms with Gasteiger partial charge < -0.3 is 9.15 Å². The number of esters is 1. The Morgan fingerprint density at radius 2 is 1.93 bits per heavy atom. The number of methoxy groups -OCH3 is 1. The molecule has 0 aliphatic heterocycles. The molecule has 138 valence electrons. The van der Waals surface area contributed by atoms with Gasteiger partial charge in [-0.2, -0.15) is 0 Å². The fourth-order valence-electron chi connectivity index (χ4n) is 2.72. The maximum atomic E-state index is 11.5. The molecule has 1 aromatic heterocycles. The summed E-state index contributed by atoms with van der Waals surface area (Å²) in [5.74, 6) is 0.146. The van der Waals surface area contributed by atoms with Crippen molar-refractivity contribution in [1.29, 1.82) is 0 Å². The van der Waals surface area contributed by atoms with Crippen molar-refractivity contribution in [2.45, 2.75) is 0 Å². The number of hydrogen-bond acceptors (Lipinski definition) is 5. The molecule has 0 saturated heterocycles. The summed E-state index contributed by atoms with van der Waals surface area (Å²) in [6.45, 7) is 0. The van der Waals surface area contributed by atoms with Crippen LogP contribution in [0.5, 0.6) is 0 Å². The number of carbonyl (C=O) groups is 1. The van der Waals surface area contributed by atoms with E-state index in [1.807, 2.05) is 36.4 Å². The summed E-state index contributed by atoms with van der Waals surface area (Å²) in [6, 6.07) is 20.0. The van der Waals surface area contributed by atoms with Gasteiger partial charge in [0.1, 0.15) is 5.52 Å². The highest BCUT2D eigenvalue weighted by Gasteiger charge is 2.09. The normalized spacial score (nSPS) is 11.2. The number of rotatable bonds is 4. The average molecular weight is 391 g/mol. The lowest BCUT2D eigenvalue weighted by Crippen LogP contribution is -2.00. The molecule has 0 unspecified atom stereocenters. The van der Waals surface area contributed by atoms with Crippen LogP contribution >= 0.6 is 11.6 Å². The molecule has 0 N–H and O–H groups in total. The minimum Gasteiger partial charge on any atom is -0.465 e. The van der Waals surface area contributed by atoms with Gasteiger partial charge in [0.05, 0.1) is 18.4 Å². The predicted octanol–water partition coefficient (Wildman–Crippen LogP) is 5.69. The van der Waals surface area contributed by atoms with E-state index in [1.54, 1.807) is 36.5 Å². The van der Waals surface area contributed by atoms with Crippen LogP contribution in [0.25, 0.3) is 22.6 Å². The van der Waals surface area contributed by atoms with E-state index in [1.165, 1.54) is 7.11 Å². The molecule has 0 radical (unpaired) electrons. The molecule has 4 rings (SSSR count). The molecular weight excluding hydrogens is 376 g/mol. The van der Waals surface area contributed by atoms with Gasteiger partial charge in [-0.05, 0) is 54.1 Å². The lowest BCUT2D eigenvalue weighted by molar-refractivity contribution is 0.0600. The molecule has 28 heavy (non-hydrogen) atoms. The molecule has 5 nitrogen and oxygen atoms in total. The summed E-state index contributed by atoms with van der Waals surface area (Å²) in [4.78, 5) is 20.5. The van der Waals surface area contributed by atoms with Gasteiger partial charge in [-0.25, -0.2) is 9.78 Å². The number of nitrogens with zero attached hydrogens (tertiary/aromatic N) is 2. The molecule has 4 aromatic rings. The molecule has 3 aromatic carbocycles. The number of aromatic nitrogens is 1. The summed E-state index contributed by atoms with van der Waals surface area (Å²) in [5, 5.41) is 0.615. The quantitative estimate of drug-likeness (QED) is 0.332. The van der Waals surface area contributed by atoms with Gasteiger partial charge in [0.25, 0.3) is 0 Å². The van der Waals surface area contributed by atoms with Crippen molar-refractivity contribution in [3.63, 3.8) is 0 Å². The van der Waals surface area contributed by atoms with Crippen molar-refractivity contribution in [3.05, 3.63) is 82.9 Å². The van der Waals surface area contributed by atoms with Crippen molar-refractivity contribution in [3.8, 4) is 11.5 Å². The lowest BCUT2D eigenvalue weighted by atomic mass is 10.1. The zero-order valence-corrected chi connectivity index (χ0v) is 15.7. The van der Waals surface area contributed by atoms with Crippen molar-refractivity contribution in [1.82, 2.24) is 4.98 Å². The van der Waals surface area contributed by atoms with Gasteiger partial charge in [0, 0.05) is 16.8 Å². The van der Waals surface area contributed by atoms with E-state index in [0.717, 1.165) is 16.8 Å². The molecule has 0 spiro atoms. The van der Waals surface area contributed by atoms with Gasteiger partial charge in [-0.15, -0.1) is 0 Å². The summed E-state index contributed by atoms with van der Waals surface area (Å²) < 4.78 is 10.5. The van der Waals surface area contributed by atoms with E-state index < -0.39 is 0 Å². The number of fused-ring (bicyclic) bond motifs is 1. The van der Waals surface area contributed by atoms with E-state index in [9.17, 15) is 4.79 Å². The number of hydrogen-bond donors (Lipinski definition) is 0. The van der Waals surface area contributed by atoms with Crippen LogP contribution in [-0.2, 0) is 4.74 Å². The van der Waals surface area contributed by atoms with Gasteiger partial charge in [-0.3, -0.25) is 4.99 Å². The minimum atomic E-state index is -0.365. The van der Waals surface area contributed by atoms with Crippen LogP contribution < -0.4 is 0 Å². The van der Waals surface area contributed by atoms with E-state index in [2.05, 4.69) is 9.98 Å². The first-order valence-corrected chi connectivity index (χ1v) is 8.89.